The van der Waals surface area contributed by atoms with Gasteiger partial charge in [-0.2, -0.15) is 0 Å². The summed E-state index contributed by atoms with van der Waals surface area (Å²) in [4.78, 5) is 26.8. The van der Waals surface area contributed by atoms with Crippen molar-refractivity contribution in [2.45, 2.75) is 25.0 Å². The minimum atomic E-state index is -1.69. The van der Waals surface area contributed by atoms with Crippen molar-refractivity contribution in [3.8, 4) is 0 Å². The summed E-state index contributed by atoms with van der Waals surface area (Å²) in [6.07, 6.45) is 0.703. The van der Waals surface area contributed by atoms with Crippen LogP contribution in [0.4, 0.5) is 0 Å². The first-order valence-corrected chi connectivity index (χ1v) is 10.3. The molecule has 0 aromatic heterocycles. The molecule has 2 aliphatic heterocycles. The van der Waals surface area contributed by atoms with Gasteiger partial charge in [0.25, 0.3) is 0 Å². The molecule has 2 aliphatic rings. The number of rotatable bonds is 6. The van der Waals surface area contributed by atoms with Crippen molar-refractivity contribution in [3.05, 3.63) is 107 Å². The maximum Gasteiger partial charge on any atom is 0.330 e. The average Bonchev–Trinajstić information content (AvgIpc) is 2.97. The van der Waals surface area contributed by atoms with Crippen molar-refractivity contribution in [1.29, 1.82) is 0 Å². The van der Waals surface area contributed by atoms with Gasteiger partial charge in [0.1, 0.15) is 13.2 Å². The summed E-state index contributed by atoms with van der Waals surface area (Å²) in [5.41, 5.74) is 1.57. The average molecular weight is 416 g/mol. The molecule has 0 N–H and O–H groups in total. The Morgan fingerprint density at radius 3 is 1.77 bits per heavy atom. The van der Waals surface area contributed by atoms with E-state index in [4.69, 9.17) is 14.2 Å². The van der Waals surface area contributed by atoms with Crippen LogP contribution in [0.1, 0.15) is 22.3 Å². The number of esters is 2. The summed E-state index contributed by atoms with van der Waals surface area (Å²) < 4.78 is 17.0. The Balaban J connectivity index is 1.62. The fourth-order valence-corrected chi connectivity index (χ4v) is 3.58. The number of carbonyl (C=O) groups is 2. The molecule has 0 radical (unpaired) electrons. The van der Waals surface area contributed by atoms with E-state index in [1.54, 1.807) is 12.1 Å². The van der Waals surface area contributed by atoms with Crippen LogP contribution in [0.2, 0.25) is 0 Å². The molecule has 0 fully saturated rings. The van der Waals surface area contributed by atoms with Crippen LogP contribution in [-0.4, -0.2) is 25.2 Å². The Hall–Kier alpha value is -3.44. The largest absolute Gasteiger partial charge is 0.460 e. The Bertz CT molecular complexity index is 957. The SMILES string of the molecule is O=C(OCc1ccccc1)C1(C(=O)OCc2ccccc2)COCCc2ccc1cc2. The van der Waals surface area contributed by atoms with Gasteiger partial charge in [-0.25, -0.2) is 0 Å². The van der Waals surface area contributed by atoms with Crippen molar-refractivity contribution in [2.75, 3.05) is 13.2 Å². The third kappa shape index (κ3) is 4.67. The van der Waals surface area contributed by atoms with Gasteiger partial charge in [0.05, 0.1) is 13.2 Å². The van der Waals surface area contributed by atoms with Gasteiger partial charge in [0.2, 0.25) is 5.41 Å². The minimum absolute atomic E-state index is 0.0610. The predicted molar refractivity (Wildman–Crippen MR) is 115 cm³/mol. The van der Waals surface area contributed by atoms with Crippen LogP contribution in [-0.2, 0) is 48.8 Å². The van der Waals surface area contributed by atoms with Crippen molar-refractivity contribution in [2.24, 2.45) is 0 Å². The van der Waals surface area contributed by atoms with E-state index in [-0.39, 0.29) is 19.8 Å². The molecule has 5 rings (SSSR count). The van der Waals surface area contributed by atoms with E-state index in [0.29, 0.717) is 18.6 Å². The summed E-state index contributed by atoms with van der Waals surface area (Å²) in [5.74, 6) is -1.35. The Morgan fingerprint density at radius 2 is 1.26 bits per heavy atom. The second-order valence-corrected chi connectivity index (χ2v) is 7.53. The topological polar surface area (TPSA) is 61.8 Å². The molecule has 0 unspecified atom stereocenters. The second kappa shape index (κ2) is 9.58. The number of benzene rings is 3. The third-order valence-corrected chi connectivity index (χ3v) is 5.42. The summed E-state index contributed by atoms with van der Waals surface area (Å²) in [5, 5.41) is 0. The normalized spacial score (nSPS) is 14.7. The molecule has 3 aromatic carbocycles. The number of fused-ring (bicyclic) bond motifs is 6. The maximum absolute atomic E-state index is 13.4. The first kappa shape index (κ1) is 20.8. The smallest absolute Gasteiger partial charge is 0.330 e. The Morgan fingerprint density at radius 1 is 0.742 bits per heavy atom. The van der Waals surface area contributed by atoms with Crippen LogP contribution in [0, 0.1) is 0 Å². The molecule has 0 amide bonds. The van der Waals surface area contributed by atoms with Crippen molar-refractivity contribution < 1.29 is 23.8 Å². The lowest BCUT2D eigenvalue weighted by atomic mass is 9.80. The number of ether oxygens (including phenoxy) is 3. The molecule has 0 atom stereocenters. The predicted octanol–water partition coefficient (Wildman–Crippen LogP) is 3.98. The van der Waals surface area contributed by atoms with Gasteiger partial charge in [-0.15, -0.1) is 0 Å². The zero-order chi connectivity index (χ0) is 21.5. The standard InChI is InChI=1S/C26H24O5/c27-24(30-17-21-7-3-1-4-8-21)26(25(28)31-18-22-9-5-2-6-10-22)19-29-16-15-20-11-13-23(26)14-12-20/h1-14H,15-19H2. The van der Waals surface area contributed by atoms with Crippen LogP contribution in [0.3, 0.4) is 0 Å². The van der Waals surface area contributed by atoms with E-state index in [1.165, 1.54) is 0 Å². The zero-order valence-electron chi connectivity index (χ0n) is 17.2. The van der Waals surface area contributed by atoms with Crippen LogP contribution >= 0.6 is 0 Å². The molecule has 0 saturated heterocycles. The summed E-state index contributed by atoms with van der Waals surface area (Å²) in [6.45, 7) is 0.388. The van der Waals surface area contributed by atoms with Crippen LogP contribution in [0.25, 0.3) is 0 Å². The van der Waals surface area contributed by atoms with E-state index in [2.05, 4.69) is 0 Å². The van der Waals surface area contributed by atoms with E-state index in [0.717, 1.165) is 16.7 Å². The van der Waals surface area contributed by atoms with E-state index < -0.39 is 17.4 Å². The fraction of sp³-hybridized carbons (Fsp3) is 0.231. The molecule has 0 spiro atoms. The third-order valence-electron chi connectivity index (χ3n) is 5.42. The monoisotopic (exact) mass is 416 g/mol. The first-order valence-electron chi connectivity index (χ1n) is 10.3. The van der Waals surface area contributed by atoms with E-state index in [1.807, 2.05) is 72.8 Å². The maximum atomic E-state index is 13.4. The first-order chi connectivity index (χ1) is 15.2. The summed E-state index contributed by atoms with van der Waals surface area (Å²) in [6, 6.07) is 26.1. The number of carbonyl (C=O) groups excluding carboxylic acids is 2. The number of hydrogen-bond acceptors (Lipinski definition) is 5. The molecule has 0 saturated carbocycles. The summed E-state index contributed by atoms with van der Waals surface area (Å²) in [7, 11) is 0. The molecular formula is C26H24O5. The van der Waals surface area contributed by atoms with Crippen molar-refractivity contribution >= 4 is 11.9 Å². The Labute approximate surface area is 181 Å². The highest BCUT2D eigenvalue weighted by molar-refractivity contribution is 6.06. The van der Waals surface area contributed by atoms with Crippen molar-refractivity contribution in [3.63, 3.8) is 0 Å². The molecule has 2 heterocycles. The van der Waals surface area contributed by atoms with Gasteiger partial charge in [0.15, 0.2) is 0 Å². The summed E-state index contributed by atoms with van der Waals surface area (Å²) >= 11 is 0. The molecule has 5 heteroatoms. The van der Waals surface area contributed by atoms with Crippen molar-refractivity contribution in [1.82, 2.24) is 0 Å². The van der Waals surface area contributed by atoms with Gasteiger partial charge < -0.3 is 14.2 Å². The zero-order valence-corrected chi connectivity index (χ0v) is 17.2. The Kier molecular flexibility index (Phi) is 6.43. The fourth-order valence-electron chi connectivity index (χ4n) is 3.58. The second-order valence-electron chi connectivity index (χ2n) is 7.53. The highest BCUT2D eigenvalue weighted by Gasteiger charge is 2.51. The minimum Gasteiger partial charge on any atom is -0.460 e. The molecule has 5 nitrogen and oxygen atoms in total. The lowest BCUT2D eigenvalue weighted by Gasteiger charge is -2.29. The molecule has 31 heavy (non-hydrogen) atoms. The lowest BCUT2D eigenvalue weighted by molar-refractivity contribution is -0.170. The molecule has 3 aromatic rings. The van der Waals surface area contributed by atoms with Gasteiger partial charge in [-0.3, -0.25) is 9.59 Å². The van der Waals surface area contributed by atoms with Gasteiger partial charge in [-0.05, 0) is 28.7 Å². The van der Waals surface area contributed by atoms with Crippen LogP contribution in [0.5, 0.6) is 0 Å². The molecule has 158 valence electrons. The quantitative estimate of drug-likeness (QED) is 0.449. The number of hydrogen-bond donors (Lipinski definition) is 0. The highest BCUT2D eigenvalue weighted by Crippen LogP contribution is 2.31. The van der Waals surface area contributed by atoms with Gasteiger partial charge in [-0.1, -0.05) is 84.9 Å². The molecule has 0 aliphatic carbocycles. The van der Waals surface area contributed by atoms with E-state index in [9.17, 15) is 9.59 Å². The molecular weight excluding hydrogens is 392 g/mol. The van der Waals surface area contributed by atoms with Gasteiger partial charge in [0, 0.05) is 0 Å². The van der Waals surface area contributed by atoms with Crippen LogP contribution in [0.15, 0.2) is 84.9 Å². The molecule has 2 bridgehead atoms. The highest BCUT2D eigenvalue weighted by atomic mass is 16.6. The lowest BCUT2D eigenvalue weighted by Crippen LogP contribution is -2.49. The van der Waals surface area contributed by atoms with Crippen LogP contribution < -0.4 is 0 Å². The van der Waals surface area contributed by atoms with E-state index >= 15 is 0 Å². The van der Waals surface area contributed by atoms with Gasteiger partial charge >= 0.3 is 11.9 Å².